The zero-order valence-corrected chi connectivity index (χ0v) is 16.2. The molecule has 2 heterocycles. The van der Waals surface area contributed by atoms with Crippen molar-refractivity contribution in [3.8, 4) is 0 Å². The molecule has 1 aliphatic rings. The maximum atomic E-state index is 12.4. The molecule has 26 heavy (non-hydrogen) atoms. The lowest BCUT2D eigenvalue weighted by molar-refractivity contribution is 0.382. The Morgan fingerprint density at radius 3 is 2.65 bits per heavy atom. The van der Waals surface area contributed by atoms with Crippen LogP contribution in [-0.4, -0.2) is 48.7 Å². The lowest BCUT2D eigenvalue weighted by atomic mass is 9.95. The Balaban J connectivity index is 1.76. The van der Waals surface area contributed by atoms with Gasteiger partial charge in [-0.15, -0.1) is 0 Å². The molecule has 0 atom stereocenters. The third kappa shape index (κ3) is 6.01. The van der Waals surface area contributed by atoms with Gasteiger partial charge in [-0.1, -0.05) is 20.8 Å². The van der Waals surface area contributed by atoms with Crippen LogP contribution < -0.4 is 27.2 Å². The van der Waals surface area contributed by atoms with Gasteiger partial charge in [0, 0.05) is 25.0 Å². The summed E-state index contributed by atoms with van der Waals surface area (Å²) in [6, 6.07) is 0. The van der Waals surface area contributed by atoms with Crippen molar-refractivity contribution in [3.63, 3.8) is 0 Å². The highest BCUT2D eigenvalue weighted by Crippen LogP contribution is 2.21. The minimum Gasteiger partial charge on any atom is -0.370 e. The highest BCUT2D eigenvalue weighted by molar-refractivity contribution is 5.75. The molecule has 1 aromatic heterocycles. The van der Waals surface area contributed by atoms with Crippen molar-refractivity contribution in [2.45, 2.75) is 45.4 Å². The first-order valence-corrected chi connectivity index (χ1v) is 9.38. The van der Waals surface area contributed by atoms with Crippen LogP contribution in [-0.2, 0) is 5.41 Å². The van der Waals surface area contributed by atoms with Crippen LogP contribution in [0.1, 0.15) is 45.9 Å². The third-order valence-electron chi connectivity index (χ3n) is 4.69. The van der Waals surface area contributed by atoms with Crippen LogP contribution in [0.4, 0.5) is 5.69 Å². The summed E-state index contributed by atoms with van der Waals surface area (Å²) in [5.41, 5.74) is 11.1. The monoisotopic (exact) mass is 363 g/mol. The Labute approximate surface area is 155 Å². The van der Waals surface area contributed by atoms with Crippen LogP contribution >= 0.6 is 0 Å². The van der Waals surface area contributed by atoms with Crippen LogP contribution in [0, 0.1) is 5.92 Å². The molecule has 0 radical (unpaired) electrons. The fourth-order valence-electron chi connectivity index (χ4n) is 3.09. The maximum absolute atomic E-state index is 12.4. The average molecular weight is 364 g/mol. The van der Waals surface area contributed by atoms with E-state index >= 15 is 0 Å². The molecule has 2 rings (SSSR count). The van der Waals surface area contributed by atoms with Crippen molar-refractivity contribution in [1.29, 1.82) is 0 Å². The Morgan fingerprint density at radius 1 is 1.38 bits per heavy atom. The SMILES string of the molecule is CC(C)(C)c1ncc(N2CCC(CNCCCN=C(N)N)CC2)c(=O)[nH]1. The van der Waals surface area contributed by atoms with Gasteiger partial charge in [0.15, 0.2) is 5.96 Å². The summed E-state index contributed by atoms with van der Waals surface area (Å²) >= 11 is 0. The molecule has 0 bridgehead atoms. The van der Waals surface area contributed by atoms with Gasteiger partial charge in [0.1, 0.15) is 11.5 Å². The fourth-order valence-corrected chi connectivity index (χ4v) is 3.09. The summed E-state index contributed by atoms with van der Waals surface area (Å²) in [6.07, 6.45) is 4.79. The molecule has 8 nitrogen and oxygen atoms in total. The number of aromatic amines is 1. The van der Waals surface area contributed by atoms with E-state index in [0.29, 0.717) is 18.2 Å². The first-order valence-electron chi connectivity index (χ1n) is 9.38. The Kier molecular flexibility index (Phi) is 7.02. The second kappa shape index (κ2) is 9.02. The van der Waals surface area contributed by atoms with Gasteiger partial charge in [0.05, 0.1) is 6.20 Å². The molecule has 8 heteroatoms. The molecule has 6 N–H and O–H groups in total. The highest BCUT2D eigenvalue weighted by atomic mass is 16.1. The number of aliphatic imine (C=N–C) groups is 1. The first-order chi connectivity index (χ1) is 12.3. The van der Waals surface area contributed by atoms with Gasteiger partial charge in [-0.25, -0.2) is 4.98 Å². The molecule has 0 amide bonds. The number of nitrogens with one attached hydrogen (secondary N) is 2. The minimum absolute atomic E-state index is 0.0405. The van der Waals surface area contributed by atoms with Gasteiger partial charge in [-0.3, -0.25) is 9.79 Å². The zero-order valence-electron chi connectivity index (χ0n) is 16.2. The number of guanidine groups is 1. The van der Waals surface area contributed by atoms with E-state index in [4.69, 9.17) is 11.5 Å². The molecule has 0 aromatic carbocycles. The topological polar surface area (TPSA) is 125 Å². The van der Waals surface area contributed by atoms with Gasteiger partial charge in [-0.2, -0.15) is 0 Å². The number of rotatable bonds is 7. The number of piperidine rings is 1. The van der Waals surface area contributed by atoms with Crippen molar-refractivity contribution >= 4 is 11.6 Å². The predicted octanol–water partition coefficient (Wildman–Crippen LogP) is 0.537. The smallest absolute Gasteiger partial charge is 0.274 e. The number of aromatic nitrogens is 2. The number of hydrogen-bond donors (Lipinski definition) is 4. The molecule has 0 aliphatic carbocycles. The molecule has 1 saturated heterocycles. The summed E-state index contributed by atoms with van der Waals surface area (Å²) in [7, 11) is 0. The second-order valence-electron chi connectivity index (χ2n) is 7.99. The average Bonchev–Trinajstić information content (AvgIpc) is 2.57. The summed E-state index contributed by atoms with van der Waals surface area (Å²) in [5, 5.41) is 3.47. The van der Waals surface area contributed by atoms with E-state index in [1.54, 1.807) is 6.20 Å². The van der Waals surface area contributed by atoms with E-state index in [9.17, 15) is 4.79 Å². The largest absolute Gasteiger partial charge is 0.370 e. The first kappa shape index (κ1) is 20.2. The van der Waals surface area contributed by atoms with Gasteiger partial charge in [0.25, 0.3) is 5.56 Å². The van der Waals surface area contributed by atoms with Gasteiger partial charge >= 0.3 is 0 Å². The number of H-pyrrole nitrogens is 1. The normalized spacial score (nSPS) is 15.9. The van der Waals surface area contributed by atoms with E-state index in [1.807, 2.05) is 20.8 Å². The number of anilines is 1. The highest BCUT2D eigenvalue weighted by Gasteiger charge is 2.23. The molecular formula is C18H33N7O. The standard InChI is InChI=1S/C18H33N7O/c1-18(2,3)16-23-12-14(15(26)24-16)25-9-5-13(6-10-25)11-21-7-4-8-22-17(19)20/h12-13,21H,4-11H2,1-3H3,(H4,19,20,22)(H,23,24,26). The minimum atomic E-state index is -0.155. The fraction of sp³-hybridized carbons (Fsp3) is 0.722. The molecule has 1 fully saturated rings. The maximum Gasteiger partial charge on any atom is 0.274 e. The van der Waals surface area contributed by atoms with Crippen LogP contribution in [0.2, 0.25) is 0 Å². The van der Waals surface area contributed by atoms with Crippen molar-refractivity contribution in [2.75, 3.05) is 37.6 Å². The number of hydrogen-bond acceptors (Lipinski definition) is 5. The molecule has 1 aromatic rings. The molecule has 0 spiro atoms. The van der Waals surface area contributed by atoms with Crippen molar-refractivity contribution in [2.24, 2.45) is 22.4 Å². The summed E-state index contributed by atoms with van der Waals surface area (Å²) in [5.74, 6) is 1.51. The molecular weight excluding hydrogens is 330 g/mol. The predicted molar refractivity (Wildman–Crippen MR) is 107 cm³/mol. The lowest BCUT2D eigenvalue weighted by Gasteiger charge is -2.33. The number of nitrogens with two attached hydrogens (primary N) is 2. The zero-order chi connectivity index (χ0) is 19.2. The summed E-state index contributed by atoms with van der Waals surface area (Å²) in [4.78, 5) is 25.9. The molecule has 0 unspecified atom stereocenters. The Bertz CT molecular complexity index is 650. The quantitative estimate of drug-likeness (QED) is 0.318. The van der Waals surface area contributed by atoms with Gasteiger partial charge in [0.2, 0.25) is 0 Å². The molecule has 1 aliphatic heterocycles. The van der Waals surface area contributed by atoms with E-state index in [2.05, 4.69) is 25.2 Å². The Hall–Kier alpha value is -2.09. The van der Waals surface area contributed by atoms with Crippen LogP contribution in [0.25, 0.3) is 0 Å². The summed E-state index contributed by atoms with van der Waals surface area (Å²) < 4.78 is 0. The van der Waals surface area contributed by atoms with Gasteiger partial charge < -0.3 is 26.7 Å². The van der Waals surface area contributed by atoms with Crippen molar-refractivity contribution < 1.29 is 0 Å². The number of nitrogens with zero attached hydrogens (tertiary/aromatic N) is 3. The van der Waals surface area contributed by atoms with E-state index in [-0.39, 0.29) is 16.9 Å². The van der Waals surface area contributed by atoms with E-state index < -0.39 is 0 Å². The van der Waals surface area contributed by atoms with E-state index in [1.165, 1.54) is 0 Å². The van der Waals surface area contributed by atoms with Gasteiger partial charge in [-0.05, 0) is 38.3 Å². The Morgan fingerprint density at radius 2 is 2.08 bits per heavy atom. The molecule has 0 saturated carbocycles. The van der Waals surface area contributed by atoms with Crippen LogP contribution in [0.15, 0.2) is 16.0 Å². The second-order valence-corrected chi connectivity index (χ2v) is 7.99. The summed E-state index contributed by atoms with van der Waals surface area (Å²) in [6.45, 7) is 10.5. The third-order valence-corrected chi connectivity index (χ3v) is 4.69. The lowest BCUT2D eigenvalue weighted by Crippen LogP contribution is -2.40. The van der Waals surface area contributed by atoms with Crippen molar-refractivity contribution in [1.82, 2.24) is 15.3 Å². The van der Waals surface area contributed by atoms with E-state index in [0.717, 1.165) is 51.3 Å². The van der Waals surface area contributed by atoms with Crippen LogP contribution in [0.3, 0.4) is 0 Å². The van der Waals surface area contributed by atoms with Crippen molar-refractivity contribution in [3.05, 3.63) is 22.4 Å². The van der Waals surface area contributed by atoms with Crippen LogP contribution in [0.5, 0.6) is 0 Å². The molecule has 146 valence electrons.